The number of nitrogens with one attached hydrogen (secondary N) is 1. The highest BCUT2D eigenvalue weighted by Crippen LogP contribution is 2.23. The van der Waals surface area contributed by atoms with Crippen LogP contribution in [0.5, 0.6) is 0 Å². The van der Waals surface area contributed by atoms with Crippen molar-refractivity contribution in [3.63, 3.8) is 0 Å². The van der Waals surface area contributed by atoms with Gasteiger partial charge in [-0.05, 0) is 86.1 Å². The normalized spacial score (nSPS) is 13.1. The molecule has 0 aromatic heterocycles. The maximum absolute atomic E-state index is 4.24. The largest absolute Gasteiger partial charge is 0.388 e. The highest BCUT2D eigenvalue weighted by Gasteiger charge is 2.09. The van der Waals surface area contributed by atoms with E-state index in [0.29, 0.717) is 0 Å². The van der Waals surface area contributed by atoms with Crippen LogP contribution >= 0.6 is 0 Å². The van der Waals surface area contributed by atoms with Gasteiger partial charge in [-0.1, -0.05) is 61.2 Å². The quantitative estimate of drug-likeness (QED) is 0.546. The molecule has 1 N–H and O–H groups in total. The van der Waals surface area contributed by atoms with Gasteiger partial charge in [-0.25, -0.2) is 0 Å². The molecule has 2 aromatic rings. The van der Waals surface area contributed by atoms with Crippen molar-refractivity contribution in [2.45, 2.75) is 58.3 Å². The minimum Gasteiger partial charge on any atom is -0.388 e. The standard InChI is InChI=1S/C26H33N/c1-20-11-14-24(15-12-20)21(2)7-6-8-22(3)27-18-17-23-13-16-25-9-4-5-10-26(25)19-23/h11-16,19,27H,2-10,17-18H2,1H3. The summed E-state index contributed by atoms with van der Waals surface area (Å²) in [5.74, 6) is 0. The summed E-state index contributed by atoms with van der Waals surface area (Å²) >= 11 is 0. The zero-order valence-corrected chi connectivity index (χ0v) is 16.8. The summed E-state index contributed by atoms with van der Waals surface area (Å²) in [6.45, 7) is 11.5. The fourth-order valence-electron chi connectivity index (χ4n) is 3.86. The van der Waals surface area contributed by atoms with E-state index in [1.807, 2.05) is 0 Å². The Morgan fingerprint density at radius 3 is 2.44 bits per heavy atom. The Bertz CT molecular complexity index is 782. The third-order valence-corrected chi connectivity index (χ3v) is 5.62. The average molecular weight is 360 g/mol. The summed E-state index contributed by atoms with van der Waals surface area (Å²) in [7, 11) is 0. The van der Waals surface area contributed by atoms with E-state index in [2.05, 4.69) is 67.9 Å². The molecule has 1 nitrogen and oxygen atoms in total. The first-order chi connectivity index (χ1) is 13.1. The topological polar surface area (TPSA) is 12.0 Å². The molecular weight excluding hydrogens is 326 g/mol. The van der Waals surface area contributed by atoms with E-state index in [1.165, 1.54) is 47.9 Å². The first-order valence-electron chi connectivity index (χ1n) is 10.4. The van der Waals surface area contributed by atoms with Crippen molar-refractivity contribution < 1.29 is 0 Å². The van der Waals surface area contributed by atoms with Gasteiger partial charge in [0.15, 0.2) is 0 Å². The smallest absolute Gasteiger partial charge is 0.0184 e. The molecule has 0 amide bonds. The number of fused-ring (bicyclic) bond motifs is 1. The summed E-state index contributed by atoms with van der Waals surface area (Å²) in [4.78, 5) is 0. The Morgan fingerprint density at radius 2 is 1.67 bits per heavy atom. The van der Waals surface area contributed by atoms with Crippen LogP contribution in [-0.2, 0) is 19.3 Å². The van der Waals surface area contributed by atoms with Crippen molar-refractivity contribution in [2.75, 3.05) is 6.54 Å². The third-order valence-electron chi connectivity index (χ3n) is 5.62. The first-order valence-corrected chi connectivity index (χ1v) is 10.4. The predicted molar refractivity (Wildman–Crippen MR) is 118 cm³/mol. The van der Waals surface area contributed by atoms with E-state index in [9.17, 15) is 0 Å². The summed E-state index contributed by atoms with van der Waals surface area (Å²) < 4.78 is 0. The van der Waals surface area contributed by atoms with Crippen molar-refractivity contribution in [3.05, 3.63) is 89.1 Å². The molecule has 0 saturated heterocycles. The van der Waals surface area contributed by atoms with Crippen LogP contribution < -0.4 is 5.32 Å². The molecule has 3 rings (SSSR count). The molecule has 1 aliphatic rings. The highest BCUT2D eigenvalue weighted by atomic mass is 14.9. The molecular formula is C26H33N. The van der Waals surface area contributed by atoms with E-state index in [0.717, 1.165) is 37.9 Å². The fraction of sp³-hybridized carbons (Fsp3) is 0.385. The van der Waals surface area contributed by atoms with E-state index < -0.39 is 0 Å². The average Bonchev–Trinajstić information content (AvgIpc) is 2.68. The van der Waals surface area contributed by atoms with Crippen molar-refractivity contribution >= 4 is 5.57 Å². The molecule has 27 heavy (non-hydrogen) atoms. The molecule has 142 valence electrons. The molecule has 0 fully saturated rings. The Labute approximate surface area is 165 Å². The molecule has 1 heteroatoms. The van der Waals surface area contributed by atoms with E-state index in [-0.39, 0.29) is 0 Å². The van der Waals surface area contributed by atoms with E-state index in [1.54, 1.807) is 11.1 Å². The Hall–Kier alpha value is -2.28. The van der Waals surface area contributed by atoms with Crippen LogP contribution in [0.15, 0.2) is 61.3 Å². The van der Waals surface area contributed by atoms with Crippen molar-refractivity contribution in [1.82, 2.24) is 5.32 Å². The van der Waals surface area contributed by atoms with Gasteiger partial charge in [0.1, 0.15) is 0 Å². The summed E-state index contributed by atoms with van der Waals surface area (Å²) in [5.41, 5.74) is 9.50. The second kappa shape index (κ2) is 9.60. The number of aryl methyl sites for hydroxylation is 3. The van der Waals surface area contributed by atoms with Crippen LogP contribution in [0.3, 0.4) is 0 Å². The molecule has 0 unspecified atom stereocenters. The van der Waals surface area contributed by atoms with Gasteiger partial charge in [0.25, 0.3) is 0 Å². The van der Waals surface area contributed by atoms with Gasteiger partial charge in [0.2, 0.25) is 0 Å². The van der Waals surface area contributed by atoms with Gasteiger partial charge in [-0.2, -0.15) is 0 Å². The zero-order valence-electron chi connectivity index (χ0n) is 16.8. The number of allylic oxidation sites excluding steroid dienone is 2. The van der Waals surface area contributed by atoms with Crippen molar-refractivity contribution in [2.24, 2.45) is 0 Å². The van der Waals surface area contributed by atoms with Crippen LogP contribution in [0.4, 0.5) is 0 Å². The molecule has 0 aliphatic heterocycles. The van der Waals surface area contributed by atoms with Crippen molar-refractivity contribution in [3.8, 4) is 0 Å². The first kappa shape index (κ1) is 19.5. The highest BCUT2D eigenvalue weighted by molar-refractivity contribution is 5.63. The van der Waals surface area contributed by atoms with Gasteiger partial charge in [0, 0.05) is 12.2 Å². The molecule has 2 aromatic carbocycles. The second-order valence-electron chi connectivity index (χ2n) is 7.91. The van der Waals surface area contributed by atoms with Crippen molar-refractivity contribution in [1.29, 1.82) is 0 Å². The van der Waals surface area contributed by atoms with Crippen LogP contribution in [0, 0.1) is 6.92 Å². The van der Waals surface area contributed by atoms with Gasteiger partial charge in [-0.3, -0.25) is 0 Å². The molecule has 0 heterocycles. The Kier molecular flexibility index (Phi) is 6.92. The van der Waals surface area contributed by atoms with E-state index in [4.69, 9.17) is 0 Å². The molecule has 0 bridgehead atoms. The monoisotopic (exact) mass is 359 g/mol. The predicted octanol–water partition coefficient (Wildman–Crippen LogP) is 6.40. The molecule has 0 spiro atoms. The van der Waals surface area contributed by atoms with Gasteiger partial charge in [-0.15, -0.1) is 0 Å². The van der Waals surface area contributed by atoms with E-state index >= 15 is 0 Å². The number of hydrogen-bond acceptors (Lipinski definition) is 1. The third kappa shape index (κ3) is 5.85. The fourth-order valence-corrected chi connectivity index (χ4v) is 3.86. The maximum Gasteiger partial charge on any atom is 0.0184 e. The Balaban J connectivity index is 1.35. The zero-order chi connectivity index (χ0) is 19.1. The summed E-state index contributed by atoms with van der Waals surface area (Å²) in [6, 6.07) is 15.7. The van der Waals surface area contributed by atoms with Gasteiger partial charge in [0.05, 0.1) is 0 Å². The lowest BCUT2D eigenvalue weighted by atomic mass is 9.90. The maximum atomic E-state index is 4.24. The van der Waals surface area contributed by atoms with Crippen LogP contribution in [0.1, 0.15) is 59.9 Å². The SMILES string of the molecule is C=C(CCCC(=C)c1ccc(C)cc1)NCCc1ccc2c(c1)CCCC2. The minimum absolute atomic E-state index is 0.969. The molecule has 0 radical (unpaired) electrons. The molecule has 1 aliphatic carbocycles. The van der Waals surface area contributed by atoms with Gasteiger partial charge >= 0.3 is 0 Å². The summed E-state index contributed by atoms with van der Waals surface area (Å²) in [6.07, 6.45) is 9.42. The van der Waals surface area contributed by atoms with Gasteiger partial charge < -0.3 is 5.32 Å². The molecule has 0 atom stereocenters. The van der Waals surface area contributed by atoms with Crippen LogP contribution in [-0.4, -0.2) is 6.54 Å². The lowest BCUT2D eigenvalue weighted by Crippen LogP contribution is -2.16. The van der Waals surface area contributed by atoms with Crippen LogP contribution in [0.2, 0.25) is 0 Å². The number of hydrogen-bond donors (Lipinski definition) is 1. The number of benzene rings is 2. The molecule has 0 saturated carbocycles. The second-order valence-corrected chi connectivity index (χ2v) is 7.91. The minimum atomic E-state index is 0.969. The van der Waals surface area contributed by atoms with Crippen LogP contribution in [0.25, 0.3) is 5.57 Å². The Morgan fingerprint density at radius 1 is 0.926 bits per heavy atom. The summed E-state index contributed by atoms with van der Waals surface area (Å²) in [5, 5.41) is 3.51. The lowest BCUT2D eigenvalue weighted by molar-refractivity contribution is 0.681. The lowest BCUT2D eigenvalue weighted by Gasteiger charge is -2.17. The number of rotatable bonds is 9.